The predicted octanol–water partition coefficient (Wildman–Crippen LogP) is 1.62. The van der Waals surface area contributed by atoms with Crippen LogP contribution >= 0.6 is 0 Å². The van der Waals surface area contributed by atoms with Gasteiger partial charge in [0.2, 0.25) is 0 Å². The first kappa shape index (κ1) is 12.9. The Balaban J connectivity index is 1.86. The lowest BCUT2D eigenvalue weighted by Crippen LogP contribution is -2.32. The van der Waals surface area contributed by atoms with Crippen LogP contribution in [-0.2, 0) is 19.5 Å². The molecule has 1 aromatic carbocycles. The van der Waals surface area contributed by atoms with Crippen molar-refractivity contribution in [3.05, 3.63) is 63.6 Å². The van der Waals surface area contributed by atoms with Crippen LogP contribution in [0.3, 0.4) is 0 Å². The van der Waals surface area contributed by atoms with Crippen molar-refractivity contribution in [2.45, 2.75) is 32.5 Å². The molecule has 2 N–H and O–H groups in total. The number of nitrogens with two attached hydrogens (primary N) is 1. The number of hydrogen-bond donors (Lipinski definition) is 1. The molecule has 0 amide bonds. The standard InChI is InChI=1S/C16H18N2O2/c1-11-6-7-13(9-17)16(19)18(11)10-14-8-12-4-2-3-5-15(12)20-14/h2-7,14H,8-10,17H2,1H3. The maximum atomic E-state index is 12.3. The minimum atomic E-state index is -0.00736. The smallest absolute Gasteiger partial charge is 0.255 e. The molecule has 0 saturated heterocycles. The third kappa shape index (κ3) is 2.23. The normalized spacial score (nSPS) is 16.8. The summed E-state index contributed by atoms with van der Waals surface area (Å²) in [5.41, 5.74) is 8.38. The first-order chi connectivity index (χ1) is 9.69. The molecule has 1 aliphatic rings. The van der Waals surface area contributed by atoms with Crippen LogP contribution in [-0.4, -0.2) is 10.7 Å². The Bertz CT molecular complexity index is 666. The van der Waals surface area contributed by atoms with Crippen molar-refractivity contribution >= 4 is 0 Å². The summed E-state index contributed by atoms with van der Waals surface area (Å²) in [5, 5.41) is 0. The number of para-hydroxylation sites is 1. The lowest BCUT2D eigenvalue weighted by Gasteiger charge is -2.16. The zero-order chi connectivity index (χ0) is 14.1. The molecule has 1 aromatic heterocycles. The maximum Gasteiger partial charge on any atom is 0.255 e. The van der Waals surface area contributed by atoms with Gasteiger partial charge in [-0.1, -0.05) is 24.3 Å². The monoisotopic (exact) mass is 270 g/mol. The highest BCUT2D eigenvalue weighted by atomic mass is 16.5. The highest BCUT2D eigenvalue weighted by molar-refractivity contribution is 5.37. The molecule has 1 unspecified atom stereocenters. The van der Waals surface area contributed by atoms with E-state index in [4.69, 9.17) is 10.5 Å². The van der Waals surface area contributed by atoms with E-state index in [-0.39, 0.29) is 18.2 Å². The van der Waals surface area contributed by atoms with E-state index < -0.39 is 0 Å². The van der Waals surface area contributed by atoms with Crippen LogP contribution in [0.5, 0.6) is 5.75 Å². The number of hydrogen-bond acceptors (Lipinski definition) is 3. The molecule has 0 spiro atoms. The van der Waals surface area contributed by atoms with Crippen molar-refractivity contribution in [1.29, 1.82) is 0 Å². The molecule has 0 aliphatic carbocycles. The Hall–Kier alpha value is -2.07. The van der Waals surface area contributed by atoms with Gasteiger partial charge in [0.05, 0.1) is 6.54 Å². The minimum absolute atomic E-state index is 0.00736. The molecule has 3 rings (SSSR count). The highest BCUT2D eigenvalue weighted by Crippen LogP contribution is 2.28. The summed E-state index contributed by atoms with van der Waals surface area (Å²) < 4.78 is 7.67. The van der Waals surface area contributed by atoms with Crippen LogP contribution in [0.1, 0.15) is 16.8 Å². The SMILES string of the molecule is Cc1ccc(CN)c(=O)n1CC1Cc2ccccc2O1. The summed E-state index contributed by atoms with van der Waals surface area (Å²) in [6.07, 6.45) is 0.853. The van der Waals surface area contributed by atoms with Gasteiger partial charge in [0.1, 0.15) is 11.9 Å². The molecule has 20 heavy (non-hydrogen) atoms. The van der Waals surface area contributed by atoms with Crippen molar-refractivity contribution in [1.82, 2.24) is 4.57 Å². The van der Waals surface area contributed by atoms with E-state index in [1.165, 1.54) is 5.56 Å². The summed E-state index contributed by atoms with van der Waals surface area (Å²) in [7, 11) is 0. The van der Waals surface area contributed by atoms with E-state index in [1.807, 2.05) is 31.2 Å². The molecule has 0 radical (unpaired) electrons. The summed E-state index contributed by atoms with van der Waals surface area (Å²) in [4.78, 5) is 12.3. The van der Waals surface area contributed by atoms with Crippen molar-refractivity contribution in [2.24, 2.45) is 5.73 Å². The van der Waals surface area contributed by atoms with Crippen molar-refractivity contribution in [3.8, 4) is 5.75 Å². The molecule has 0 saturated carbocycles. The molecule has 2 aromatic rings. The second-order valence-corrected chi connectivity index (χ2v) is 5.17. The van der Waals surface area contributed by atoms with Gasteiger partial charge in [0.15, 0.2) is 0 Å². The number of aromatic nitrogens is 1. The minimum Gasteiger partial charge on any atom is -0.488 e. The molecule has 104 valence electrons. The highest BCUT2D eigenvalue weighted by Gasteiger charge is 2.23. The van der Waals surface area contributed by atoms with E-state index in [9.17, 15) is 4.79 Å². The molecular formula is C16H18N2O2. The number of ether oxygens (including phenoxy) is 1. The van der Waals surface area contributed by atoms with Crippen LogP contribution in [0, 0.1) is 6.92 Å². The molecule has 1 aliphatic heterocycles. The van der Waals surface area contributed by atoms with Gasteiger partial charge < -0.3 is 15.0 Å². The van der Waals surface area contributed by atoms with E-state index >= 15 is 0 Å². The van der Waals surface area contributed by atoms with Gasteiger partial charge >= 0.3 is 0 Å². The molecule has 4 heteroatoms. The fourth-order valence-electron chi connectivity index (χ4n) is 2.66. The Kier molecular flexibility index (Phi) is 3.32. The van der Waals surface area contributed by atoms with Gasteiger partial charge in [0, 0.05) is 24.2 Å². The number of aryl methyl sites for hydroxylation is 1. The van der Waals surface area contributed by atoms with E-state index in [0.29, 0.717) is 12.1 Å². The molecule has 0 bridgehead atoms. The number of rotatable bonds is 3. The third-order valence-electron chi connectivity index (χ3n) is 3.79. The van der Waals surface area contributed by atoms with Crippen LogP contribution < -0.4 is 16.0 Å². The Morgan fingerprint density at radius 2 is 2.10 bits per heavy atom. The largest absolute Gasteiger partial charge is 0.488 e. The topological polar surface area (TPSA) is 57.2 Å². The van der Waals surface area contributed by atoms with Gasteiger partial charge in [-0.25, -0.2) is 0 Å². The quantitative estimate of drug-likeness (QED) is 0.922. The van der Waals surface area contributed by atoms with Crippen molar-refractivity contribution < 1.29 is 4.74 Å². The predicted molar refractivity (Wildman–Crippen MR) is 77.9 cm³/mol. The van der Waals surface area contributed by atoms with E-state index in [0.717, 1.165) is 17.9 Å². The van der Waals surface area contributed by atoms with E-state index in [1.54, 1.807) is 10.6 Å². The van der Waals surface area contributed by atoms with Crippen molar-refractivity contribution in [2.75, 3.05) is 0 Å². The summed E-state index contributed by atoms with van der Waals surface area (Å²) in [6.45, 7) is 2.77. The van der Waals surface area contributed by atoms with Gasteiger partial charge in [-0.3, -0.25) is 4.79 Å². The number of benzene rings is 1. The van der Waals surface area contributed by atoms with Crippen LogP contribution in [0.2, 0.25) is 0 Å². The molecule has 4 nitrogen and oxygen atoms in total. The van der Waals surface area contributed by atoms with Gasteiger partial charge in [-0.2, -0.15) is 0 Å². The second-order valence-electron chi connectivity index (χ2n) is 5.17. The zero-order valence-corrected chi connectivity index (χ0v) is 11.5. The lowest BCUT2D eigenvalue weighted by atomic mass is 10.1. The first-order valence-electron chi connectivity index (χ1n) is 6.83. The number of nitrogens with zero attached hydrogens (tertiary/aromatic N) is 1. The summed E-state index contributed by atoms with van der Waals surface area (Å²) >= 11 is 0. The van der Waals surface area contributed by atoms with Crippen LogP contribution in [0.4, 0.5) is 0 Å². The molecule has 2 heterocycles. The van der Waals surface area contributed by atoms with Crippen LogP contribution in [0.25, 0.3) is 0 Å². The lowest BCUT2D eigenvalue weighted by molar-refractivity contribution is 0.206. The molecular weight excluding hydrogens is 252 g/mol. The average Bonchev–Trinajstić information content (AvgIpc) is 2.86. The zero-order valence-electron chi connectivity index (χ0n) is 11.5. The Morgan fingerprint density at radius 3 is 2.85 bits per heavy atom. The fourth-order valence-corrected chi connectivity index (χ4v) is 2.66. The maximum absolute atomic E-state index is 12.3. The number of pyridine rings is 1. The average molecular weight is 270 g/mol. The third-order valence-corrected chi connectivity index (χ3v) is 3.79. The second kappa shape index (κ2) is 5.13. The van der Waals surface area contributed by atoms with Crippen molar-refractivity contribution in [3.63, 3.8) is 0 Å². The van der Waals surface area contributed by atoms with Gasteiger partial charge in [0.25, 0.3) is 5.56 Å². The molecule has 0 fully saturated rings. The summed E-state index contributed by atoms with van der Waals surface area (Å²) in [6, 6.07) is 11.8. The van der Waals surface area contributed by atoms with E-state index in [2.05, 4.69) is 6.07 Å². The van der Waals surface area contributed by atoms with Gasteiger partial charge in [-0.05, 0) is 24.6 Å². The van der Waals surface area contributed by atoms with Gasteiger partial charge in [-0.15, -0.1) is 0 Å². The first-order valence-corrected chi connectivity index (χ1v) is 6.83. The van der Waals surface area contributed by atoms with Crippen LogP contribution in [0.15, 0.2) is 41.2 Å². The Morgan fingerprint density at radius 1 is 1.30 bits per heavy atom. The fraction of sp³-hybridized carbons (Fsp3) is 0.312. The molecule has 1 atom stereocenters. The Labute approximate surface area is 117 Å². The number of fused-ring (bicyclic) bond motifs is 1. The summed E-state index contributed by atoms with van der Waals surface area (Å²) in [5.74, 6) is 0.929.